The van der Waals surface area contributed by atoms with Crippen molar-refractivity contribution in [2.45, 2.75) is 18.9 Å². The van der Waals surface area contributed by atoms with Crippen molar-refractivity contribution in [1.82, 2.24) is 9.88 Å². The molecule has 94 valence electrons. The van der Waals surface area contributed by atoms with Crippen molar-refractivity contribution < 1.29 is 9.90 Å². The van der Waals surface area contributed by atoms with Gasteiger partial charge in [-0.15, -0.1) is 0 Å². The highest BCUT2D eigenvalue weighted by Gasteiger charge is 2.22. The van der Waals surface area contributed by atoms with Crippen LogP contribution in [-0.4, -0.2) is 40.1 Å². The third-order valence-corrected chi connectivity index (χ3v) is 3.55. The number of aliphatic hydroxyl groups is 1. The predicted molar refractivity (Wildman–Crippen MR) is 69.4 cm³/mol. The van der Waals surface area contributed by atoms with Crippen LogP contribution in [0.1, 0.15) is 23.2 Å². The number of piperidine rings is 1. The summed E-state index contributed by atoms with van der Waals surface area (Å²) in [5.74, 6) is 0.0602. The summed E-state index contributed by atoms with van der Waals surface area (Å²) >= 11 is 0. The van der Waals surface area contributed by atoms with Crippen LogP contribution in [0.4, 0.5) is 0 Å². The minimum Gasteiger partial charge on any atom is -0.393 e. The van der Waals surface area contributed by atoms with Crippen molar-refractivity contribution in [1.29, 1.82) is 0 Å². The molecule has 4 nitrogen and oxygen atoms in total. The number of nitrogens with zero attached hydrogens (tertiary/aromatic N) is 1. The van der Waals surface area contributed by atoms with Crippen molar-refractivity contribution in [3.8, 4) is 0 Å². The molecule has 0 spiro atoms. The Balaban J connectivity index is 1.82. The lowest BCUT2D eigenvalue weighted by molar-refractivity contribution is 0.0546. The minimum absolute atomic E-state index is 0.0602. The van der Waals surface area contributed by atoms with Gasteiger partial charge in [0.05, 0.1) is 6.10 Å². The first kappa shape index (κ1) is 11.3. The first-order valence-corrected chi connectivity index (χ1v) is 6.28. The number of hydrogen-bond donors (Lipinski definition) is 2. The molecule has 0 unspecified atom stereocenters. The Kier molecular flexibility index (Phi) is 2.80. The molecule has 0 saturated carbocycles. The Labute approximate surface area is 105 Å². The smallest absolute Gasteiger partial charge is 0.253 e. The second kappa shape index (κ2) is 4.46. The molecule has 2 aromatic rings. The van der Waals surface area contributed by atoms with Gasteiger partial charge in [-0.3, -0.25) is 4.79 Å². The van der Waals surface area contributed by atoms with Crippen LogP contribution in [0.2, 0.25) is 0 Å². The maximum Gasteiger partial charge on any atom is 0.253 e. The standard InChI is InChI=1S/C14H16N2O2/c17-12-4-7-16(8-5-12)14(18)11-1-2-13-10(9-11)3-6-15-13/h1-3,6,9,12,15,17H,4-5,7-8H2. The van der Waals surface area contributed by atoms with E-state index in [2.05, 4.69) is 4.98 Å². The van der Waals surface area contributed by atoms with Crippen LogP contribution in [0.3, 0.4) is 0 Å². The van der Waals surface area contributed by atoms with Crippen LogP contribution in [0.25, 0.3) is 10.9 Å². The van der Waals surface area contributed by atoms with Gasteiger partial charge in [-0.1, -0.05) is 0 Å². The molecular weight excluding hydrogens is 228 g/mol. The van der Waals surface area contributed by atoms with Gasteiger partial charge in [0.25, 0.3) is 5.91 Å². The van der Waals surface area contributed by atoms with Crippen LogP contribution in [-0.2, 0) is 0 Å². The number of H-pyrrole nitrogens is 1. The number of hydrogen-bond acceptors (Lipinski definition) is 2. The lowest BCUT2D eigenvalue weighted by Crippen LogP contribution is -2.40. The number of carbonyl (C=O) groups excluding carboxylic acids is 1. The number of likely N-dealkylation sites (tertiary alicyclic amines) is 1. The molecule has 2 heterocycles. The van der Waals surface area contributed by atoms with E-state index < -0.39 is 0 Å². The van der Waals surface area contributed by atoms with Crippen molar-refractivity contribution in [3.05, 3.63) is 36.0 Å². The topological polar surface area (TPSA) is 56.3 Å². The summed E-state index contributed by atoms with van der Waals surface area (Å²) in [5, 5.41) is 10.5. The molecule has 1 aromatic heterocycles. The summed E-state index contributed by atoms with van der Waals surface area (Å²) in [6, 6.07) is 7.67. The van der Waals surface area contributed by atoms with Gasteiger partial charge in [-0.2, -0.15) is 0 Å². The zero-order chi connectivity index (χ0) is 12.5. The van der Waals surface area contributed by atoms with Crippen molar-refractivity contribution in [3.63, 3.8) is 0 Å². The predicted octanol–water partition coefficient (Wildman–Crippen LogP) is 1.76. The fourth-order valence-electron chi connectivity index (χ4n) is 2.44. The first-order chi connectivity index (χ1) is 8.74. The largest absolute Gasteiger partial charge is 0.393 e. The van der Waals surface area contributed by atoms with Crippen LogP contribution in [0, 0.1) is 0 Å². The Bertz CT molecular complexity index is 568. The summed E-state index contributed by atoms with van der Waals surface area (Å²) < 4.78 is 0. The third-order valence-electron chi connectivity index (χ3n) is 3.55. The number of carbonyl (C=O) groups is 1. The van der Waals surface area contributed by atoms with E-state index in [0.29, 0.717) is 25.9 Å². The van der Waals surface area contributed by atoms with Gasteiger partial charge in [0, 0.05) is 35.8 Å². The van der Waals surface area contributed by atoms with Gasteiger partial charge in [-0.25, -0.2) is 0 Å². The monoisotopic (exact) mass is 244 g/mol. The molecule has 0 atom stereocenters. The normalized spacial score (nSPS) is 17.3. The summed E-state index contributed by atoms with van der Waals surface area (Å²) in [4.78, 5) is 17.2. The molecule has 1 fully saturated rings. The van der Waals surface area contributed by atoms with E-state index in [1.165, 1.54) is 0 Å². The average Bonchev–Trinajstić information content (AvgIpc) is 2.86. The number of amides is 1. The molecular formula is C14H16N2O2. The quantitative estimate of drug-likeness (QED) is 0.803. The minimum atomic E-state index is -0.249. The van der Waals surface area contributed by atoms with Gasteiger partial charge in [0.1, 0.15) is 0 Å². The van der Waals surface area contributed by atoms with E-state index in [4.69, 9.17) is 0 Å². The van der Waals surface area contributed by atoms with Gasteiger partial charge < -0.3 is 15.0 Å². The second-order valence-corrected chi connectivity index (χ2v) is 4.80. The van der Waals surface area contributed by atoms with Crippen molar-refractivity contribution in [2.24, 2.45) is 0 Å². The lowest BCUT2D eigenvalue weighted by atomic mass is 10.1. The van der Waals surface area contributed by atoms with Gasteiger partial charge in [0.15, 0.2) is 0 Å². The number of rotatable bonds is 1. The zero-order valence-corrected chi connectivity index (χ0v) is 10.1. The molecule has 1 saturated heterocycles. The maximum atomic E-state index is 12.3. The highest BCUT2D eigenvalue weighted by atomic mass is 16.3. The molecule has 2 N–H and O–H groups in total. The van der Waals surface area contributed by atoms with Crippen LogP contribution in [0.15, 0.2) is 30.5 Å². The van der Waals surface area contributed by atoms with Crippen molar-refractivity contribution in [2.75, 3.05) is 13.1 Å². The molecule has 3 rings (SSSR count). The van der Waals surface area contributed by atoms with E-state index in [1.54, 1.807) is 0 Å². The molecule has 1 aliphatic rings. The molecule has 4 heteroatoms. The summed E-state index contributed by atoms with van der Waals surface area (Å²) in [5.41, 5.74) is 1.76. The number of aromatic nitrogens is 1. The Morgan fingerprint density at radius 2 is 2.06 bits per heavy atom. The molecule has 1 amide bonds. The van der Waals surface area contributed by atoms with E-state index in [1.807, 2.05) is 35.4 Å². The summed E-state index contributed by atoms with van der Waals surface area (Å²) in [7, 11) is 0. The number of benzene rings is 1. The van der Waals surface area contributed by atoms with Crippen LogP contribution >= 0.6 is 0 Å². The third kappa shape index (κ3) is 1.99. The number of aliphatic hydroxyl groups excluding tert-OH is 1. The highest BCUT2D eigenvalue weighted by molar-refractivity contribution is 5.98. The molecule has 18 heavy (non-hydrogen) atoms. The maximum absolute atomic E-state index is 12.3. The van der Waals surface area contributed by atoms with Gasteiger partial charge in [0.2, 0.25) is 0 Å². The van der Waals surface area contributed by atoms with Crippen molar-refractivity contribution >= 4 is 16.8 Å². The van der Waals surface area contributed by atoms with E-state index >= 15 is 0 Å². The Hall–Kier alpha value is -1.81. The fourth-order valence-corrected chi connectivity index (χ4v) is 2.44. The van der Waals surface area contributed by atoms with Crippen LogP contribution in [0.5, 0.6) is 0 Å². The van der Waals surface area contributed by atoms with Gasteiger partial charge >= 0.3 is 0 Å². The fraction of sp³-hybridized carbons (Fsp3) is 0.357. The molecule has 0 bridgehead atoms. The SMILES string of the molecule is O=C(c1ccc2[nH]ccc2c1)N1CCC(O)CC1. The molecule has 1 aromatic carbocycles. The molecule has 0 radical (unpaired) electrons. The summed E-state index contributed by atoms with van der Waals surface area (Å²) in [6.07, 6.45) is 2.98. The molecule has 1 aliphatic heterocycles. The first-order valence-electron chi connectivity index (χ1n) is 6.28. The van der Waals surface area contributed by atoms with E-state index in [9.17, 15) is 9.90 Å². The average molecular weight is 244 g/mol. The highest BCUT2D eigenvalue weighted by Crippen LogP contribution is 2.18. The Morgan fingerprint density at radius 1 is 1.28 bits per heavy atom. The number of fused-ring (bicyclic) bond motifs is 1. The zero-order valence-electron chi connectivity index (χ0n) is 10.1. The van der Waals surface area contributed by atoms with Gasteiger partial charge in [-0.05, 0) is 37.1 Å². The molecule has 0 aliphatic carbocycles. The number of nitrogens with one attached hydrogen (secondary N) is 1. The lowest BCUT2D eigenvalue weighted by Gasteiger charge is -2.29. The van der Waals surface area contributed by atoms with E-state index in [0.717, 1.165) is 16.5 Å². The number of aromatic amines is 1. The Morgan fingerprint density at radius 3 is 2.83 bits per heavy atom. The second-order valence-electron chi connectivity index (χ2n) is 4.80. The summed E-state index contributed by atoms with van der Waals surface area (Å²) in [6.45, 7) is 1.29. The van der Waals surface area contributed by atoms with Crippen LogP contribution < -0.4 is 0 Å². The van der Waals surface area contributed by atoms with E-state index in [-0.39, 0.29) is 12.0 Å².